The van der Waals surface area contributed by atoms with Crippen LogP contribution in [0.1, 0.15) is 5.76 Å². The molecule has 4 heteroatoms. The van der Waals surface area contributed by atoms with Gasteiger partial charge < -0.3 is 9.32 Å². The Morgan fingerprint density at radius 2 is 2.36 bits per heavy atom. The Morgan fingerprint density at radius 3 is 2.79 bits per heavy atom. The van der Waals surface area contributed by atoms with E-state index in [-0.39, 0.29) is 11.5 Å². The van der Waals surface area contributed by atoms with E-state index in [4.69, 9.17) is 9.68 Å². The minimum Gasteiger partial charge on any atom is -0.465 e. The molecule has 0 atom stereocenters. The molecule has 0 radical (unpaired) electrons. The zero-order chi connectivity index (χ0) is 10.6. The summed E-state index contributed by atoms with van der Waals surface area (Å²) >= 11 is 0. The number of hydrogen-bond donors (Lipinski definition) is 0. The minimum atomic E-state index is -0.330. The van der Waals surface area contributed by atoms with E-state index in [1.165, 1.54) is 17.2 Å². The Bertz CT molecular complexity index is 383. The number of likely N-dealkylation sites (N-methyl/N-ethyl adjacent to an activating group) is 1. The van der Waals surface area contributed by atoms with Gasteiger partial charge in [-0.2, -0.15) is 5.26 Å². The summed E-state index contributed by atoms with van der Waals surface area (Å²) in [6, 6.07) is 5.21. The summed E-state index contributed by atoms with van der Waals surface area (Å²) in [6.07, 6.45) is 2.91. The second kappa shape index (κ2) is 4.28. The van der Waals surface area contributed by atoms with Crippen LogP contribution in [0.25, 0.3) is 6.08 Å². The van der Waals surface area contributed by atoms with Crippen molar-refractivity contribution in [3.05, 3.63) is 29.7 Å². The molecule has 0 fully saturated rings. The highest BCUT2D eigenvalue weighted by Gasteiger charge is 2.11. The fourth-order valence-electron chi connectivity index (χ4n) is 0.898. The molecule has 0 unspecified atom stereocenters. The van der Waals surface area contributed by atoms with Crippen molar-refractivity contribution in [2.45, 2.75) is 0 Å². The largest absolute Gasteiger partial charge is 0.465 e. The number of carbonyl (C=O) groups is 1. The van der Waals surface area contributed by atoms with Gasteiger partial charge in [-0.25, -0.2) is 0 Å². The van der Waals surface area contributed by atoms with Crippen LogP contribution in [-0.2, 0) is 4.79 Å². The lowest BCUT2D eigenvalue weighted by Crippen LogP contribution is -2.22. The van der Waals surface area contributed by atoms with Gasteiger partial charge >= 0.3 is 0 Å². The van der Waals surface area contributed by atoms with Gasteiger partial charge in [-0.1, -0.05) is 0 Å². The molecule has 0 aromatic carbocycles. The van der Waals surface area contributed by atoms with Crippen LogP contribution in [-0.4, -0.2) is 24.9 Å². The van der Waals surface area contributed by atoms with Crippen molar-refractivity contribution in [2.75, 3.05) is 14.1 Å². The highest BCUT2D eigenvalue weighted by atomic mass is 16.3. The topological polar surface area (TPSA) is 57.2 Å². The summed E-state index contributed by atoms with van der Waals surface area (Å²) in [5.74, 6) is 0.167. The molecule has 1 heterocycles. The smallest absolute Gasteiger partial charge is 0.264 e. The molecule has 1 amide bonds. The van der Waals surface area contributed by atoms with E-state index >= 15 is 0 Å². The lowest BCUT2D eigenvalue weighted by atomic mass is 10.2. The van der Waals surface area contributed by atoms with Crippen molar-refractivity contribution >= 4 is 12.0 Å². The molecule has 1 rings (SSSR count). The number of amides is 1. The maximum Gasteiger partial charge on any atom is 0.264 e. The predicted octanol–water partition coefficient (Wildman–Crippen LogP) is 1.27. The first kappa shape index (κ1) is 10.1. The van der Waals surface area contributed by atoms with Crippen LogP contribution in [0.15, 0.2) is 28.4 Å². The molecule has 0 saturated carbocycles. The number of rotatable bonds is 2. The van der Waals surface area contributed by atoms with Gasteiger partial charge in [0.25, 0.3) is 5.91 Å². The third kappa shape index (κ3) is 2.23. The molecule has 0 aliphatic heterocycles. The van der Waals surface area contributed by atoms with Gasteiger partial charge in [0.05, 0.1) is 6.26 Å². The summed E-state index contributed by atoms with van der Waals surface area (Å²) in [5.41, 5.74) is 0.0601. The molecule has 0 aliphatic carbocycles. The van der Waals surface area contributed by atoms with Gasteiger partial charge in [-0.3, -0.25) is 4.79 Å². The normalized spacial score (nSPS) is 10.8. The summed E-state index contributed by atoms with van der Waals surface area (Å²) < 4.78 is 5.00. The SMILES string of the molecule is CN(C)C(=O)/C(C#N)=C\c1ccco1. The van der Waals surface area contributed by atoms with E-state index in [1.54, 1.807) is 26.2 Å². The number of nitrogens with zero attached hydrogens (tertiary/aromatic N) is 2. The predicted molar refractivity (Wildman–Crippen MR) is 51.0 cm³/mol. The van der Waals surface area contributed by atoms with Crippen molar-refractivity contribution in [3.63, 3.8) is 0 Å². The van der Waals surface area contributed by atoms with Crippen molar-refractivity contribution in [3.8, 4) is 6.07 Å². The van der Waals surface area contributed by atoms with Crippen molar-refractivity contribution in [2.24, 2.45) is 0 Å². The van der Waals surface area contributed by atoms with Gasteiger partial charge in [0.15, 0.2) is 0 Å². The van der Waals surface area contributed by atoms with Crippen molar-refractivity contribution in [1.82, 2.24) is 4.90 Å². The Kier molecular flexibility index (Phi) is 3.08. The Balaban J connectivity index is 2.94. The second-order valence-corrected chi connectivity index (χ2v) is 2.88. The van der Waals surface area contributed by atoms with Gasteiger partial charge in [-0.05, 0) is 12.1 Å². The maximum absolute atomic E-state index is 11.4. The van der Waals surface area contributed by atoms with Crippen LogP contribution in [0, 0.1) is 11.3 Å². The summed E-state index contributed by atoms with van der Waals surface area (Å²) in [7, 11) is 3.19. The summed E-state index contributed by atoms with van der Waals surface area (Å²) in [4.78, 5) is 12.7. The Labute approximate surface area is 82.0 Å². The Hall–Kier alpha value is -2.02. The first-order valence-electron chi connectivity index (χ1n) is 4.02. The summed E-state index contributed by atoms with van der Waals surface area (Å²) in [5, 5.41) is 8.74. The fourth-order valence-corrected chi connectivity index (χ4v) is 0.898. The van der Waals surface area contributed by atoms with Crippen LogP contribution in [0.2, 0.25) is 0 Å². The van der Waals surface area contributed by atoms with E-state index in [0.29, 0.717) is 5.76 Å². The van der Waals surface area contributed by atoms with E-state index in [9.17, 15) is 4.79 Å². The molecule has 1 aromatic rings. The first-order chi connectivity index (χ1) is 6.65. The third-order valence-electron chi connectivity index (χ3n) is 1.59. The van der Waals surface area contributed by atoms with Crippen LogP contribution >= 0.6 is 0 Å². The third-order valence-corrected chi connectivity index (χ3v) is 1.59. The fraction of sp³-hybridized carbons (Fsp3) is 0.200. The molecule has 4 nitrogen and oxygen atoms in total. The molecular formula is C10H10N2O2. The molecule has 0 aliphatic rings. The zero-order valence-electron chi connectivity index (χ0n) is 8.02. The average Bonchev–Trinajstić information content (AvgIpc) is 2.65. The lowest BCUT2D eigenvalue weighted by Gasteiger charge is -2.07. The average molecular weight is 190 g/mol. The molecule has 0 spiro atoms. The van der Waals surface area contributed by atoms with E-state index < -0.39 is 0 Å². The number of nitriles is 1. The number of carbonyl (C=O) groups excluding carboxylic acids is 1. The minimum absolute atomic E-state index is 0.0601. The monoisotopic (exact) mass is 190 g/mol. The maximum atomic E-state index is 11.4. The molecule has 14 heavy (non-hydrogen) atoms. The molecule has 1 aromatic heterocycles. The summed E-state index contributed by atoms with van der Waals surface area (Å²) in [6.45, 7) is 0. The molecular weight excluding hydrogens is 180 g/mol. The van der Waals surface area contributed by atoms with Crippen LogP contribution in [0.4, 0.5) is 0 Å². The van der Waals surface area contributed by atoms with Gasteiger partial charge in [0, 0.05) is 20.2 Å². The van der Waals surface area contributed by atoms with Crippen molar-refractivity contribution < 1.29 is 9.21 Å². The second-order valence-electron chi connectivity index (χ2n) is 2.88. The van der Waals surface area contributed by atoms with E-state index in [2.05, 4.69) is 0 Å². The lowest BCUT2D eigenvalue weighted by molar-refractivity contribution is -0.124. The molecule has 0 saturated heterocycles. The quantitative estimate of drug-likeness (QED) is 0.521. The van der Waals surface area contributed by atoms with Gasteiger partial charge in [0.1, 0.15) is 17.4 Å². The van der Waals surface area contributed by atoms with E-state index in [0.717, 1.165) is 0 Å². The van der Waals surface area contributed by atoms with Gasteiger partial charge in [-0.15, -0.1) is 0 Å². The van der Waals surface area contributed by atoms with Gasteiger partial charge in [0.2, 0.25) is 0 Å². The number of hydrogen-bond acceptors (Lipinski definition) is 3. The standard InChI is InChI=1S/C10H10N2O2/c1-12(2)10(13)8(7-11)6-9-4-3-5-14-9/h3-6H,1-2H3/b8-6-. The van der Waals surface area contributed by atoms with Crippen LogP contribution in [0.3, 0.4) is 0 Å². The Morgan fingerprint density at radius 1 is 1.64 bits per heavy atom. The highest BCUT2D eigenvalue weighted by molar-refractivity contribution is 6.01. The molecule has 72 valence electrons. The highest BCUT2D eigenvalue weighted by Crippen LogP contribution is 2.08. The zero-order valence-corrected chi connectivity index (χ0v) is 8.02. The molecule has 0 bridgehead atoms. The van der Waals surface area contributed by atoms with Crippen LogP contribution < -0.4 is 0 Å². The first-order valence-corrected chi connectivity index (χ1v) is 4.02. The van der Waals surface area contributed by atoms with Crippen molar-refractivity contribution in [1.29, 1.82) is 5.26 Å². The van der Waals surface area contributed by atoms with Crippen LogP contribution in [0.5, 0.6) is 0 Å². The molecule has 0 N–H and O–H groups in total. The number of furan rings is 1. The van der Waals surface area contributed by atoms with E-state index in [1.807, 2.05) is 6.07 Å².